The van der Waals surface area contributed by atoms with Crippen LogP contribution in [0.2, 0.25) is 0 Å². The lowest BCUT2D eigenvalue weighted by molar-refractivity contribution is -0.137. The molecule has 0 aromatic heterocycles. The van der Waals surface area contributed by atoms with Gasteiger partial charge in [0.2, 0.25) is 0 Å². The number of aliphatic hydroxyl groups is 1. The first-order valence-electron chi connectivity index (χ1n) is 8.36. The maximum absolute atomic E-state index is 12.0. The molecule has 5 nitrogen and oxygen atoms in total. The third-order valence-electron chi connectivity index (χ3n) is 4.58. The zero-order valence-electron chi connectivity index (χ0n) is 13.5. The van der Waals surface area contributed by atoms with Crippen LogP contribution < -0.4 is 10.6 Å². The van der Waals surface area contributed by atoms with Crippen LogP contribution in [0.25, 0.3) is 10.8 Å². The summed E-state index contributed by atoms with van der Waals surface area (Å²) in [6.45, 7) is 0.122. The van der Waals surface area contributed by atoms with Gasteiger partial charge in [-0.25, -0.2) is 0 Å². The Morgan fingerprint density at radius 3 is 2.42 bits per heavy atom. The van der Waals surface area contributed by atoms with Gasteiger partial charge in [-0.2, -0.15) is 0 Å². The molecule has 5 heteroatoms. The van der Waals surface area contributed by atoms with Crippen molar-refractivity contribution in [2.75, 3.05) is 11.9 Å². The van der Waals surface area contributed by atoms with E-state index in [1.54, 1.807) is 6.07 Å². The molecular formula is C19H22N2O3. The fraction of sp³-hybridized carbons (Fsp3) is 0.368. The van der Waals surface area contributed by atoms with Crippen LogP contribution in [-0.2, 0) is 9.59 Å². The second kappa shape index (κ2) is 7.01. The fourth-order valence-corrected chi connectivity index (χ4v) is 3.17. The van der Waals surface area contributed by atoms with Gasteiger partial charge in [-0.15, -0.1) is 0 Å². The second-order valence-corrected chi connectivity index (χ2v) is 6.48. The second-order valence-electron chi connectivity index (χ2n) is 6.48. The molecule has 0 heterocycles. The van der Waals surface area contributed by atoms with Crippen molar-refractivity contribution in [2.24, 2.45) is 0 Å². The SMILES string of the molecule is O=C(NCC1(O)CCCCC1)C(=O)Nc1ccc2ccccc2c1. The molecule has 0 bridgehead atoms. The molecule has 1 fully saturated rings. The average Bonchev–Trinajstić information content (AvgIpc) is 2.60. The van der Waals surface area contributed by atoms with Crippen molar-refractivity contribution in [3.8, 4) is 0 Å². The van der Waals surface area contributed by atoms with Crippen molar-refractivity contribution in [1.82, 2.24) is 5.32 Å². The molecule has 0 radical (unpaired) electrons. The third-order valence-corrected chi connectivity index (χ3v) is 4.58. The highest BCUT2D eigenvalue weighted by Gasteiger charge is 2.30. The number of carbonyl (C=O) groups is 2. The first-order chi connectivity index (χ1) is 11.6. The third kappa shape index (κ3) is 3.92. The Balaban J connectivity index is 1.57. The molecule has 3 rings (SSSR count). The van der Waals surface area contributed by atoms with E-state index in [-0.39, 0.29) is 6.54 Å². The van der Waals surface area contributed by atoms with E-state index in [2.05, 4.69) is 10.6 Å². The highest BCUT2D eigenvalue weighted by molar-refractivity contribution is 6.39. The number of benzene rings is 2. The number of anilines is 1. The zero-order chi connectivity index (χ0) is 17.0. The highest BCUT2D eigenvalue weighted by Crippen LogP contribution is 2.27. The molecule has 0 atom stereocenters. The molecule has 24 heavy (non-hydrogen) atoms. The number of rotatable bonds is 3. The van der Waals surface area contributed by atoms with Crippen LogP contribution in [0.3, 0.4) is 0 Å². The first-order valence-corrected chi connectivity index (χ1v) is 8.36. The molecule has 2 aromatic carbocycles. The summed E-state index contributed by atoms with van der Waals surface area (Å²) in [5.74, 6) is -1.44. The summed E-state index contributed by atoms with van der Waals surface area (Å²) < 4.78 is 0. The van der Waals surface area contributed by atoms with Crippen molar-refractivity contribution >= 4 is 28.3 Å². The Morgan fingerprint density at radius 2 is 1.67 bits per heavy atom. The predicted molar refractivity (Wildman–Crippen MR) is 93.6 cm³/mol. The van der Waals surface area contributed by atoms with E-state index >= 15 is 0 Å². The summed E-state index contributed by atoms with van der Waals surface area (Å²) in [5, 5.41) is 17.6. The number of amides is 2. The minimum absolute atomic E-state index is 0.122. The minimum atomic E-state index is -0.878. The van der Waals surface area contributed by atoms with Crippen LogP contribution in [0.1, 0.15) is 32.1 Å². The van der Waals surface area contributed by atoms with Crippen LogP contribution in [0.5, 0.6) is 0 Å². The van der Waals surface area contributed by atoms with Gasteiger partial charge < -0.3 is 15.7 Å². The van der Waals surface area contributed by atoms with Crippen molar-refractivity contribution < 1.29 is 14.7 Å². The Labute approximate surface area is 141 Å². The molecule has 0 saturated heterocycles. The van der Waals surface area contributed by atoms with E-state index in [0.717, 1.165) is 30.0 Å². The molecular weight excluding hydrogens is 304 g/mol. The summed E-state index contributed by atoms with van der Waals surface area (Å²) in [6.07, 6.45) is 4.35. The van der Waals surface area contributed by atoms with Crippen LogP contribution in [0, 0.1) is 0 Å². The van der Waals surface area contributed by atoms with Crippen LogP contribution in [0.15, 0.2) is 42.5 Å². The number of nitrogens with one attached hydrogen (secondary N) is 2. The van der Waals surface area contributed by atoms with Crippen LogP contribution in [-0.4, -0.2) is 29.1 Å². The molecule has 1 aliphatic rings. The minimum Gasteiger partial charge on any atom is -0.388 e. The Morgan fingerprint density at radius 1 is 0.958 bits per heavy atom. The number of hydrogen-bond donors (Lipinski definition) is 3. The van der Waals surface area contributed by atoms with E-state index in [1.807, 2.05) is 36.4 Å². The van der Waals surface area contributed by atoms with Crippen molar-refractivity contribution in [3.05, 3.63) is 42.5 Å². The van der Waals surface area contributed by atoms with Gasteiger partial charge in [0, 0.05) is 12.2 Å². The maximum Gasteiger partial charge on any atom is 0.313 e. The topological polar surface area (TPSA) is 78.4 Å². The average molecular weight is 326 g/mol. The molecule has 2 amide bonds. The standard InChI is InChI=1S/C19H22N2O3/c22-17(20-13-19(24)10-4-1-5-11-19)18(23)21-16-9-8-14-6-2-3-7-15(14)12-16/h2-3,6-9,12,24H,1,4-5,10-11,13H2,(H,20,22)(H,21,23). The van der Waals surface area contributed by atoms with Gasteiger partial charge in [-0.1, -0.05) is 49.6 Å². The summed E-state index contributed by atoms with van der Waals surface area (Å²) in [7, 11) is 0. The molecule has 3 N–H and O–H groups in total. The Bertz CT molecular complexity index is 751. The lowest BCUT2D eigenvalue weighted by Crippen LogP contribution is -2.47. The van der Waals surface area contributed by atoms with Crippen LogP contribution in [0.4, 0.5) is 5.69 Å². The van der Waals surface area contributed by atoms with E-state index in [9.17, 15) is 14.7 Å². The normalized spacial score (nSPS) is 16.5. The van der Waals surface area contributed by atoms with Gasteiger partial charge in [-0.05, 0) is 35.7 Å². The van der Waals surface area contributed by atoms with E-state index < -0.39 is 17.4 Å². The molecule has 0 aliphatic heterocycles. The zero-order valence-corrected chi connectivity index (χ0v) is 13.5. The van der Waals surface area contributed by atoms with Gasteiger partial charge >= 0.3 is 11.8 Å². The summed E-state index contributed by atoms with van der Waals surface area (Å²) in [6, 6.07) is 13.3. The van der Waals surface area contributed by atoms with Crippen LogP contribution >= 0.6 is 0 Å². The van der Waals surface area contributed by atoms with Crippen molar-refractivity contribution in [2.45, 2.75) is 37.7 Å². The maximum atomic E-state index is 12.0. The van der Waals surface area contributed by atoms with Crippen molar-refractivity contribution in [3.63, 3.8) is 0 Å². The summed E-state index contributed by atoms with van der Waals surface area (Å²) >= 11 is 0. The van der Waals surface area contributed by atoms with Gasteiger partial charge in [-0.3, -0.25) is 9.59 Å². The Hall–Kier alpha value is -2.40. The monoisotopic (exact) mass is 326 g/mol. The molecule has 1 aliphatic carbocycles. The smallest absolute Gasteiger partial charge is 0.313 e. The highest BCUT2D eigenvalue weighted by atomic mass is 16.3. The molecule has 126 valence electrons. The Kier molecular flexibility index (Phi) is 4.81. The first kappa shape index (κ1) is 16.5. The summed E-state index contributed by atoms with van der Waals surface area (Å²) in [5.41, 5.74) is -0.304. The van der Waals surface area contributed by atoms with Gasteiger partial charge in [0.15, 0.2) is 0 Å². The van der Waals surface area contributed by atoms with E-state index in [1.165, 1.54) is 0 Å². The molecule has 2 aromatic rings. The van der Waals surface area contributed by atoms with Gasteiger partial charge in [0.05, 0.1) is 5.60 Å². The summed E-state index contributed by atoms with van der Waals surface area (Å²) in [4.78, 5) is 24.0. The fourth-order valence-electron chi connectivity index (χ4n) is 3.17. The number of hydrogen-bond acceptors (Lipinski definition) is 3. The van der Waals surface area contributed by atoms with E-state index in [4.69, 9.17) is 0 Å². The predicted octanol–water partition coefficient (Wildman–Crippen LogP) is 2.59. The van der Waals surface area contributed by atoms with Gasteiger partial charge in [0.25, 0.3) is 0 Å². The number of fused-ring (bicyclic) bond motifs is 1. The van der Waals surface area contributed by atoms with Gasteiger partial charge in [0.1, 0.15) is 0 Å². The largest absolute Gasteiger partial charge is 0.388 e. The van der Waals surface area contributed by atoms with E-state index in [0.29, 0.717) is 18.5 Å². The molecule has 0 spiro atoms. The lowest BCUT2D eigenvalue weighted by atomic mass is 9.85. The van der Waals surface area contributed by atoms with Crippen molar-refractivity contribution in [1.29, 1.82) is 0 Å². The quantitative estimate of drug-likeness (QED) is 0.759. The number of carbonyl (C=O) groups excluding carboxylic acids is 2. The molecule has 0 unspecified atom stereocenters. The molecule has 1 saturated carbocycles. The lowest BCUT2D eigenvalue weighted by Gasteiger charge is -2.31.